The molecule has 0 saturated carbocycles. The summed E-state index contributed by atoms with van der Waals surface area (Å²) in [4.78, 5) is 14.0. The molecule has 68 heavy (non-hydrogen) atoms. The molecule has 2 saturated heterocycles. The van der Waals surface area contributed by atoms with E-state index in [9.17, 15) is 16.8 Å². The van der Waals surface area contributed by atoms with Gasteiger partial charge in [0.15, 0.2) is 10.3 Å². The van der Waals surface area contributed by atoms with Gasteiger partial charge in [0.25, 0.3) is 0 Å². The molecule has 0 N–H and O–H groups in total. The molecule has 0 atom stereocenters. The molecule has 4 aromatic carbocycles. The third kappa shape index (κ3) is 11.8. The molecule has 2 aliphatic heterocycles. The number of sulfonamides is 2. The van der Waals surface area contributed by atoms with Crippen LogP contribution < -0.4 is 38.2 Å². The SMILES string of the molecule is COc1cc(Cc2csc(N3CCN(S(=O)(=O)c4cc(OC)ccc4OC)CC3)n2)cc(OC)c1.COc1ccc(OC)c(S(=O)(=O)N2CCN(c3nc(Cc4ccc(Cl)c(Cl)c4)cs3)CC2)c1. The van der Waals surface area contributed by atoms with Crippen LogP contribution in [0.1, 0.15) is 22.5 Å². The summed E-state index contributed by atoms with van der Waals surface area (Å²) in [5.41, 5.74) is 3.95. The van der Waals surface area contributed by atoms with Crippen molar-refractivity contribution in [1.29, 1.82) is 0 Å². The van der Waals surface area contributed by atoms with Gasteiger partial charge in [-0.3, -0.25) is 0 Å². The average Bonchev–Trinajstić information content (AvgIpc) is 4.04. The van der Waals surface area contributed by atoms with Gasteiger partial charge in [-0.15, -0.1) is 22.7 Å². The van der Waals surface area contributed by atoms with E-state index >= 15 is 0 Å². The predicted molar refractivity (Wildman–Crippen MR) is 267 cm³/mol. The number of piperazine rings is 2. The lowest BCUT2D eigenvalue weighted by molar-refractivity contribution is 0.370. The predicted octanol–water partition coefficient (Wildman–Crippen LogP) is 7.85. The second kappa shape index (κ2) is 22.6. The van der Waals surface area contributed by atoms with Crippen molar-refractivity contribution >= 4 is 76.2 Å². The first-order valence-electron chi connectivity index (χ1n) is 21.2. The fourth-order valence-electron chi connectivity index (χ4n) is 7.57. The molecule has 0 radical (unpaired) electrons. The van der Waals surface area contributed by atoms with Gasteiger partial charge in [0, 0.05) is 94.2 Å². The Morgan fingerprint density at radius 2 is 0.912 bits per heavy atom. The second-order valence-corrected chi connectivity index (χ2v) is 21.7. The molecule has 6 aromatic rings. The minimum atomic E-state index is -3.73. The Balaban J connectivity index is 0.000000202. The van der Waals surface area contributed by atoms with Gasteiger partial charge in [-0.2, -0.15) is 8.61 Å². The standard InChI is InChI=1S/C24H29N3O6S2.C22H23Cl2N3O4S2/c1-30-19-5-6-22(33-4)23(15-19)35(28,29)27-9-7-26(8-10-27)24-25-18(16-34-24)11-17-12-20(31-2)14-21(13-17)32-3;1-30-17-4-6-20(31-2)21(13-17)33(28,29)27-9-7-26(8-10-27)22-25-16(14-32-22)11-15-3-5-18(23)19(24)12-15/h5-6,12-16H,7-11H2,1-4H3;3-6,12-14H,7-11H2,1-2H3. The third-order valence-electron chi connectivity index (χ3n) is 11.2. The van der Waals surface area contributed by atoms with Gasteiger partial charge < -0.3 is 38.2 Å². The number of benzene rings is 4. The maximum absolute atomic E-state index is 13.3. The summed E-state index contributed by atoms with van der Waals surface area (Å²) in [6, 6.07) is 20.9. The van der Waals surface area contributed by atoms with E-state index in [4.69, 9.17) is 61.6 Å². The third-order valence-corrected chi connectivity index (χ3v) is 17.7. The second-order valence-electron chi connectivity index (χ2n) is 15.4. The number of hydrogen-bond donors (Lipinski definition) is 0. The first-order valence-corrected chi connectivity index (χ1v) is 26.6. The first-order chi connectivity index (χ1) is 32.7. The monoisotopic (exact) mass is 1050 g/mol. The van der Waals surface area contributed by atoms with Crippen molar-refractivity contribution in [2.75, 3.05) is 105 Å². The Bertz CT molecular complexity index is 2880. The fraction of sp³-hybridized carbons (Fsp3) is 0.348. The lowest BCUT2D eigenvalue weighted by Gasteiger charge is -2.34. The highest BCUT2D eigenvalue weighted by atomic mass is 35.5. The van der Waals surface area contributed by atoms with E-state index in [1.807, 2.05) is 41.1 Å². The first kappa shape index (κ1) is 50.8. The Labute approximate surface area is 415 Å². The summed E-state index contributed by atoms with van der Waals surface area (Å²) >= 11 is 15.2. The van der Waals surface area contributed by atoms with Gasteiger partial charge in [-0.1, -0.05) is 29.3 Å². The van der Waals surface area contributed by atoms with Gasteiger partial charge in [0.2, 0.25) is 20.0 Å². The van der Waals surface area contributed by atoms with Crippen molar-refractivity contribution in [3.8, 4) is 34.5 Å². The van der Waals surface area contributed by atoms with Crippen LogP contribution in [0.15, 0.2) is 93.3 Å². The van der Waals surface area contributed by atoms with Crippen molar-refractivity contribution in [2.45, 2.75) is 22.6 Å². The van der Waals surface area contributed by atoms with Crippen molar-refractivity contribution in [3.63, 3.8) is 0 Å². The number of nitrogens with zero attached hydrogens (tertiary/aromatic N) is 6. The molecule has 22 heteroatoms. The van der Waals surface area contributed by atoms with E-state index in [1.54, 1.807) is 67.2 Å². The molecule has 0 spiro atoms. The van der Waals surface area contributed by atoms with Crippen LogP contribution in [0.3, 0.4) is 0 Å². The summed E-state index contributed by atoms with van der Waals surface area (Å²) in [6.07, 6.45) is 1.30. The van der Waals surface area contributed by atoms with Crippen LogP contribution >= 0.6 is 45.9 Å². The molecule has 16 nitrogen and oxygen atoms in total. The number of methoxy groups -OCH3 is 6. The molecule has 8 rings (SSSR count). The summed E-state index contributed by atoms with van der Waals surface area (Å²) in [6.45, 7) is 3.59. The quantitative estimate of drug-likeness (QED) is 0.0921. The topological polar surface area (TPSA) is 162 Å². The van der Waals surface area contributed by atoms with Crippen molar-refractivity contribution in [1.82, 2.24) is 18.6 Å². The molecule has 0 amide bonds. The zero-order chi connectivity index (χ0) is 48.6. The van der Waals surface area contributed by atoms with E-state index in [-0.39, 0.29) is 9.79 Å². The number of rotatable bonds is 16. The highest BCUT2D eigenvalue weighted by molar-refractivity contribution is 7.89. The smallest absolute Gasteiger partial charge is 0.247 e. The van der Waals surface area contributed by atoms with E-state index in [1.165, 1.54) is 49.2 Å². The highest BCUT2D eigenvalue weighted by Crippen LogP contribution is 2.35. The number of hydrogen-bond acceptors (Lipinski definition) is 16. The van der Waals surface area contributed by atoms with Crippen molar-refractivity contribution in [3.05, 3.63) is 116 Å². The normalized spacial score (nSPS) is 14.8. The molecule has 2 aromatic heterocycles. The lowest BCUT2D eigenvalue weighted by Crippen LogP contribution is -2.48. The zero-order valence-corrected chi connectivity index (χ0v) is 43.1. The number of thiazole rings is 2. The Hall–Kier alpha value is -5.06. The maximum Gasteiger partial charge on any atom is 0.247 e. The Morgan fingerprint density at radius 1 is 0.485 bits per heavy atom. The van der Waals surface area contributed by atoms with Gasteiger partial charge in [-0.05, 0) is 59.7 Å². The van der Waals surface area contributed by atoms with E-state index in [0.717, 1.165) is 44.3 Å². The molecular formula is C46H52Cl2N6O10S4. The minimum Gasteiger partial charge on any atom is -0.497 e. The summed E-state index contributed by atoms with van der Waals surface area (Å²) in [5, 5.41) is 6.86. The number of halogens is 2. The summed E-state index contributed by atoms with van der Waals surface area (Å²) < 4.78 is 87.9. The van der Waals surface area contributed by atoms with E-state index < -0.39 is 20.0 Å². The van der Waals surface area contributed by atoms with E-state index in [0.29, 0.717) is 98.2 Å². The summed E-state index contributed by atoms with van der Waals surface area (Å²) in [5.74, 6) is 2.99. The zero-order valence-electron chi connectivity index (χ0n) is 38.3. The van der Waals surface area contributed by atoms with Gasteiger partial charge in [0.05, 0.1) is 64.1 Å². The molecule has 4 heterocycles. The minimum absolute atomic E-state index is 0.107. The fourth-order valence-corrected chi connectivity index (χ4v) is 12.8. The van der Waals surface area contributed by atoms with Gasteiger partial charge in [-0.25, -0.2) is 26.8 Å². The highest BCUT2D eigenvalue weighted by Gasteiger charge is 2.34. The Kier molecular flexibility index (Phi) is 16.9. The molecule has 0 aliphatic carbocycles. The molecule has 0 bridgehead atoms. The van der Waals surface area contributed by atoms with Crippen LogP contribution in [0, 0.1) is 0 Å². The average molecular weight is 1050 g/mol. The molecule has 2 fully saturated rings. The lowest BCUT2D eigenvalue weighted by atomic mass is 10.1. The van der Waals surface area contributed by atoms with Gasteiger partial charge >= 0.3 is 0 Å². The number of anilines is 2. The van der Waals surface area contributed by atoms with Crippen LogP contribution in [0.5, 0.6) is 34.5 Å². The number of aromatic nitrogens is 2. The molecule has 2 aliphatic rings. The number of ether oxygens (including phenoxy) is 6. The van der Waals surface area contributed by atoms with Crippen LogP contribution in [0.2, 0.25) is 10.0 Å². The van der Waals surface area contributed by atoms with E-state index in [2.05, 4.69) is 9.80 Å². The van der Waals surface area contributed by atoms with Crippen molar-refractivity contribution < 1.29 is 45.3 Å². The maximum atomic E-state index is 13.3. The molecular weight excluding hydrogens is 996 g/mol. The van der Waals surface area contributed by atoms with Crippen LogP contribution in [-0.4, -0.2) is 130 Å². The molecule has 364 valence electrons. The van der Waals surface area contributed by atoms with Crippen molar-refractivity contribution in [2.24, 2.45) is 0 Å². The van der Waals surface area contributed by atoms with Crippen LogP contribution in [0.25, 0.3) is 0 Å². The van der Waals surface area contributed by atoms with Gasteiger partial charge in [0.1, 0.15) is 44.3 Å². The van der Waals surface area contributed by atoms with Crippen LogP contribution in [-0.2, 0) is 32.9 Å². The van der Waals surface area contributed by atoms with Crippen LogP contribution in [0.4, 0.5) is 10.3 Å². The summed E-state index contributed by atoms with van der Waals surface area (Å²) in [7, 11) is 1.72. The Morgan fingerprint density at radius 3 is 1.31 bits per heavy atom. The molecule has 0 unspecified atom stereocenters. The largest absolute Gasteiger partial charge is 0.497 e.